The molecule has 1 aromatic heterocycles. The van der Waals surface area contributed by atoms with E-state index in [2.05, 4.69) is 15.9 Å². The van der Waals surface area contributed by atoms with E-state index in [1.807, 2.05) is 29.6 Å². The first-order valence-electron chi connectivity index (χ1n) is 5.72. The van der Waals surface area contributed by atoms with E-state index in [4.69, 9.17) is 5.73 Å². The molecule has 0 saturated heterocycles. The molecule has 1 heterocycles. The summed E-state index contributed by atoms with van der Waals surface area (Å²) in [7, 11) is 0. The summed E-state index contributed by atoms with van der Waals surface area (Å²) in [6.45, 7) is 0. The van der Waals surface area contributed by atoms with Crippen LogP contribution in [0.2, 0.25) is 0 Å². The first-order chi connectivity index (χ1) is 9.15. The van der Waals surface area contributed by atoms with Gasteiger partial charge in [0.05, 0.1) is 0 Å². The van der Waals surface area contributed by atoms with E-state index in [0.717, 1.165) is 20.1 Å². The minimum atomic E-state index is 0.000972. The van der Waals surface area contributed by atoms with Crippen molar-refractivity contribution in [1.29, 1.82) is 0 Å². The fourth-order valence-electron chi connectivity index (χ4n) is 2.07. The lowest BCUT2D eigenvalue weighted by Crippen LogP contribution is -2.02. The first kappa shape index (κ1) is 12.4. The summed E-state index contributed by atoms with van der Waals surface area (Å²) >= 11 is 4.95. The largest absolute Gasteiger partial charge is 0.399 e. The summed E-state index contributed by atoms with van der Waals surface area (Å²) in [6.07, 6.45) is 0. The number of anilines is 1. The Bertz CT molecular complexity index is 758. The molecule has 0 atom stereocenters. The lowest BCUT2D eigenvalue weighted by atomic mass is 10.0. The first-order valence-corrected chi connectivity index (χ1v) is 7.39. The van der Waals surface area contributed by atoms with Crippen LogP contribution in [0.15, 0.2) is 52.3 Å². The smallest absolute Gasteiger partial charge is 0.194 e. The van der Waals surface area contributed by atoms with Gasteiger partial charge in [-0.3, -0.25) is 4.79 Å². The van der Waals surface area contributed by atoms with Crippen LogP contribution in [0.3, 0.4) is 0 Å². The number of halogens is 1. The maximum atomic E-state index is 12.6. The Hall–Kier alpha value is -1.65. The quantitative estimate of drug-likeness (QED) is 0.555. The molecule has 2 aromatic carbocycles. The molecule has 2 nitrogen and oxygen atoms in total. The molecule has 0 spiro atoms. The van der Waals surface area contributed by atoms with Crippen LogP contribution >= 0.6 is 27.3 Å². The van der Waals surface area contributed by atoms with Crippen LogP contribution in [0.1, 0.15) is 15.9 Å². The molecule has 4 heteroatoms. The molecule has 94 valence electrons. The number of thiophene rings is 1. The average molecular weight is 332 g/mol. The maximum Gasteiger partial charge on any atom is 0.194 e. The van der Waals surface area contributed by atoms with Crippen LogP contribution in [-0.2, 0) is 0 Å². The third kappa shape index (κ3) is 2.29. The van der Waals surface area contributed by atoms with Crippen molar-refractivity contribution in [3.63, 3.8) is 0 Å². The summed E-state index contributed by atoms with van der Waals surface area (Å²) in [4.78, 5) is 12.6. The van der Waals surface area contributed by atoms with Gasteiger partial charge in [0, 0.05) is 26.0 Å². The Morgan fingerprint density at radius 1 is 1.16 bits per heavy atom. The molecule has 0 unspecified atom stereocenters. The molecule has 0 bridgehead atoms. The zero-order valence-electron chi connectivity index (χ0n) is 9.89. The molecule has 3 aromatic rings. The highest BCUT2D eigenvalue weighted by Gasteiger charge is 2.14. The lowest BCUT2D eigenvalue weighted by molar-refractivity contribution is 0.104. The molecular weight excluding hydrogens is 322 g/mol. The van der Waals surface area contributed by atoms with E-state index >= 15 is 0 Å². The molecule has 0 aliphatic carbocycles. The normalized spacial score (nSPS) is 10.8. The number of hydrogen-bond acceptors (Lipinski definition) is 3. The topological polar surface area (TPSA) is 43.1 Å². The highest BCUT2D eigenvalue weighted by molar-refractivity contribution is 9.10. The van der Waals surface area contributed by atoms with E-state index in [1.165, 1.54) is 0 Å². The van der Waals surface area contributed by atoms with Crippen molar-refractivity contribution in [2.24, 2.45) is 0 Å². The van der Waals surface area contributed by atoms with Gasteiger partial charge in [0.1, 0.15) is 0 Å². The predicted octanol–water partition coefficient (Wildman–Crippen LogP) is 4.48. The van der Waals surface area contributed by atoms with Crippen LogP contribution < -0.4 is 5.73 Å². The Kier molecular flexibility index (Phi) is 3.12. The molecule has 0 saturated carbocycles. The van der Waals surface area contributed by atoms with Gasteiger partial charge in [-0.2, -0.15) is 0 Å². The van der Waals surface area contributed by atoms with Crippen molar-refractivity contribution in [2.75, 3.05) is 5.73 Å². The molecule has 0 fully saturated rings. The molecule has 3 rings (SSSR count). The highest BCUT2D eigenvalue weighted by atomic mass is 79.9. The molecule has 0 aliphatic rings. The minimum absolute atomic E-state index is 0.000972. The number of ketones is 1. The van der Waals surface area contributed by atoms with E-state index in [1.54, 1.807) is 29.5 Å². The summed E-state index contributed by atoms with van der Waals surface area (Å²) in [5.41, 5.74) is 7.70. The monoisotopic (exact) mass is 331 g/mol. The van der Waals surface area contributed by atoms with Gasteiger partial charge in [-0.15, -0.1) is 11.3 Å². The number of benzene rings is 2. The van der Waals surface area contributed by atoms with Gasteiger partial charge in [-0.1, -0.05) is 28.1 Å². The van der Waals surface area contributed by atoms with E-state index in [9.17, 15) is 4.79 Å². The van der Waals surface area contributed by atoms with Crippen molar-refractivity contribution in [2.45, 2.75) is 0 Å². The minimum Gasteiger partial charge on any atom is -0.399 e. The van der Waals surface area contributed by atoms with Crippen molar-refractivity contribution in [1.82, 2.24) is 0 Å². The van der Waals surface area contributed by atoms with Gasteiger partial charge < -0.3 is 5.73 Å². The number of carbonyl (C=O) groups excluding carboxylic acids is 1. The van der Waals surface area contributed by atoms with E-state index in [-0.39, 0.29) is 5.78 Å². The average Bonchev–Trinajstić information content (AvgIpc) is 2.84. The second-order valence-electron chi connectivity index (χ2n) is 4.25. The van der Waals surface area contributed by atoms with Gasteiger partial charge in [0.15, 0.2) is 5.78 Å². The Morgan fingerprint density at radius 3 is 2.79 bits per heavy atom. The van der Waals surface area contributed by atoms with Crippen LogP contribution in [0.25, 0.3) is 10.1 Å². The Morgan fingerprint density at radius 2 is 2.00 bits per heavy atom. The molecule has 0 aliphatic heterocycles. The van der Waals surface area contributed by atoms with Gasteiger partial charge in [0.2, 0.25) is 0 Å². The van der Waals surface area contributed by atoms with Gasteiger partial charge in [-0.25, -0.2) is 0 Å². The maximum absolute atomic E-state index is 12.6. The van der Waals surface area contributed by atoms with Crippen LogP contribution in [0, 0.1) is 0 Å². The number of hydrogen-bond donors (Lipinski definition) is 1. The molecule has 0 radical (unpaired) electrons. The zero-order chi connectivity index (χ0) is 13.4. The summed E-state index contributed by atoms with van der Waals surface area (Å²) in [5.74, 6) is 0.000972. The van der Waals surface area contributed by atoms with Crippen molar-refractivity contribution in [3.05, 3.63) is 63.4 Å². The number of nitrogens with two attached hydrogens (primary N) is 1. The Labute approximate surface area is 123 Å². The van der Waals surface area contributed by atoms with Crippen LogP contribution in [-0.4, -0.2) is 5.78 Å². The summed E-state index contributed by atoms with van der Waals surface area (Å²) in [5, 5.41) is 3.09. The predicted molar refractivity (Wildman–Crippen MR) is 83.8 cm³/mol. The van der Waals surface area contributed by atoms with Crippen LogP contribution in [0.5, 0.6) is 0 Å². The molecule has 0 amide bonds. The molecular formula is C15H10BrNOS. The van der Waals surface area contributed by atoms with E-state index in [0.29, 0.717) is 11.3 Å². The standard InChI is InChI=1S/C15H10BrNOS/c16-11-6-10(7-12(17)8-11)14(18)13-3-1-2-9-4-5-19-15(9)13/h1-8H,17H2. The molecule has 19 heavy (non-hydrogen) atoms. The molecule has 2 N–H and O–H groups in total. The van der Waals surface area contributed by atoms with Crippen molar-refractivity contribution in [3.8, 4) is 0 Å². The second kappa shape index (κ2) is 4.79. The number of carbonyl (C=O) groups is 1. The lowest BCUT2D eigenvalue weighted by Gasteiger charge is -2.05. The number of fused-ring (bicyclic) bond motifs is 1. The van der Waals surface area contributed by atoms with Crippen molar-refractivity contribution < 1.29 is 4.79 Å². The van der Waals surface area contributed by atoms with E-state index < -0.39 is 0 Å². The summed E-state index contributed by atoms with van der Waals surface area (Å²) in [6, 6.07) is 13.1. The second-order valence-corrected chi connectivity index (χ2v) is 6.08. The van der Waals surface area contributed by atoms with Gasteiger partial charge in [0.25, 0.3) is 0 Å². The number of nitrogen functional groups attached to an aromatic ring is 1. The Balaban J connectivity index is 2.16. The highest BCUT2D eigenvalue weighted by Crippen LogP contribution is 2.28. The third-order valence-electron chi connectivity index (χ3n) is 2.91. The van der Waals surface area contributed by atoms with Crippen molar-refractivity contribution >= 4 is 48.8 Å². The number of rotatable bonds is 2. The van der Waals surface area contributed by atoms with Crippen LogP contribution in [0.4, 0.5) is 5.69 Å². The summed E-state index contributed by atoms with van der Waals surface area (Å²) < 4.78 is 1.83. The van der Waals surface area contributed by atoms with Gasteiger partial charge in [-0.05, 0) is 41.1 Å². The van der Waals surface area contributed by atoms with Gasteiger partial charge >= 0.3 is 0 Å². The third-order valence-corrected chi connectivity index (χ3v) is 4.33. The fraction of sp³-hybridized carbons (Fsp3) is 0. The zero-order valence-corrected chi connectivity index (χ0v) is 12.3. The SMILES string of the molecule is Nc1cc(Br)cc(C(=O)c2cccc3ccsc23)c1. The fourth-order valence-corrected chi connectivity index (χ4v) is 3.49.